The summed E-state index contributed by atoms with van der Waals surface area (Å²) in [6.45, 7) is 10.2. The van der Waals surface area contributed by atoms with Gasteiger partial charge in [0.2, 0.25) is 0 Å². The van der Waals surface area contributed by atoms with E-state index in [1.807, 2.05) is 22.9 Å². The Morgan fingerprint density at radius 3 is 1.14 bits per heavy atom. The number of aromatic nitrogens is 3. The minimum atomic E-state index is -0.887. The zero-order chi connectivity index (χ0) is 71.1. The maximum atomic E-state index is 7.51. The van der Waals surface area contributed by atoms with Gasteiger partial charge in [0.25, 0.3) is 0 Å². The van der Waals surface area contributed by atoms with E-state index in [2.05, 4.69) is 171 Å². The molecule has 7 rings (SSSR count). The molecule has 0 saturated carbocycles. The third-order valence-electron chi connectivity index (χ3n) is 20.8. The second kappa shape index (κ2) is 56.3. The lowest BCUT2D eigenvalue weighted by atomic mass is 9.96. The lowest BCUT2D eigenvalue weighted by Gasteiger charge is -2.46. The van der Waals surface area contributed by atoms with Gasteiger partial charge in [-0.25, -0.2) is 4.68 Å². The fourth-order valence-electron chi connectivity index (χ4n) is 14.5. The molecule has 6 aromatic rings. The Balaban J connectivity index is 1.08. The first-order valence-electron chi connectivity index (χ1n) is 41.8. The zero-order valence-electron chi connectivity index (χ0n) is 64.3. The van der Waals surface area contributed by atoms with Gasteiger partial charge in [-0.05, 0) is 60.0 Å². The van der Waals surface area contributed by atoms with Crippen LogP contribution in [0.5, 0.6) is 0 Å². The number of hydrogen-bond donors (Lipinski definition) is 1. The molecule has 0 unspecified atom stereocenters. The van der Waals surface area contributed by atoms with Gasteiger partial charge in [-0.3, -0.25) is 0 Å². The van der Waals surface area contributed by atoms with Crippen molar-refractivity contribution in [2.45, 2.75) is 366 Å². The summed E-state index contributed by atoms with van der Waals surface area (Å²) in [5.74, 6) is 0. The fourth-order valence-corrected chi connectivity index (χ4v) is 14.5. The van der Waals surface area contributed by atoms with E-state index >= 15 is 0 Å². The van der Waals surface area contributed by atoms with Crippen molar-refractivity contribution in [2.24, 2.45) is 0 Å². The molecule has 1 aliphatic heterocycles. The molecule has 11 nitrogen and oxygen atoms in total. The highest BCUT2D eigenvalue weighted by Gasteiger charge is 2.50. The van der Waals surface area contributed by atoms with Crippen molar-refractivity contribution in [2.75, 3.05) is 13.2 Å². The lowest BCUT2D eigenvalue weighted by molar-refractivity contribution is -0.327. The van der Waals surface area contributed by atoms with E-state index in [-0.39, 0.29) is 24.9 Å². The van der Waals surface area contributed by atoms with Gasteiger partial charge in [-0.2, -0.15) is 0 Å². The van der Waals surface area contributed by atoms with Gasteiger partial charge in [-0.1, -0.05) is 409 Å². The topological polar surface area (TPSA) is 107 Å². The summed E-state index contributed by atoms with van der Waals surface area (Å²) in [4.78, 5) is 0. The molecule has 1 saturated heterocycles. The van der Waals surface area contributed by atoms with Crippen LogP contribution >= 0.6 is 0 Å². The summed E-state index contributed by atoms with van der Waals surface area (Å²) >= 11 is 0. The smallest absolute Gasteiger partial charge is 0.186 e. The molecule has 0 radical (unpaired) electrons. The highest BCUT2D eigenvalue weighted by Crippen LogP contribution is 2.34. The summed E-state index contributed by atoms with van der Waals surface area (Å²) < 4.78 is 53.2. The van der Waals surface area contributed by atoms with E-state index in [1.54, 1.807) is 0 Å². The number of nitrogens with zero attached hydrogens (tertiary/aromatic N) is 3. The molecule has 102 heavy (non-hydrogen) atoms. The first kappa shape index (κ1) is 84.2. The molecular weight excluding hydrogens is 1260 g/mol. The van der Waals surface area contributed by atoms with E-state index in [0.29, 0.717) is 39.6 Å². The molecule has 2 heterocycles. The van der Waals surface area contributed by atoms with Gasteiger partial charge in [-0.15, -0.1) is 5.10 Å². The Kier molecular flexibility index (Phi) is 46.4. The highest BCUT2D eigenvalue weighted by atomic mass is 16.7. The van der Waals surface area contributed by atoms with Crippen LogP contribution in [0.1, 0.15) is 305 Å². The van der Waals surface area contributed by atoms with E-state index in [9.17, 15) is 0 Å². The second-order valence-corrected chi connectivity index (χ2v) is 29.7. The first-order valence-corrected chi connectivity index (χ1v) is 41.8. The number of aryl methyl sites for hydroxylation is 1. The SMILES string of the molecule is CCCCCCCCCCCCCCCCCCCCCCCCCCN[C@@H](CO[C@H]1O[C@H](Cn2cc(CCCC)nn2)[C@H](OCc2ccccc2)[C@H](OCc2ccccc2)[C@H]1OCc1ccccc1)[C@H](OCc1ccccc1)[C@@H](CCCCCCCCCCCCCC)OCc1ccccc1. The van der Waals surface area contributed by atoms with Gasteiger partial charge in [0.15, 0.2) is 6.29 Å². The van der Waals surface area contributed by atoms with Crippen LogP contribution in [0.25, 0.3) is 0 Å². The van der Waals surface area contributed by atoms with Crippen molar-refractivity contribution in [3.63, 3.8) is 0 Å². The van der Waals surface area contributed by atoms with Gasteiger partial charge in [0.1, 0.15) is 30.5 Å². The van der Waals surface area contributed by atoms with Crippen molar-refractivity contribution in [3.8, 4) is 0 Å². The summed E-state index contributed by atoms with van der Waals surface area (Å²) in [6.07, 6.45) is 50.3. The van der Waals surface area contributed by atoms with Crippen LogP contribution in [0.2, 0.25) is 0 Å². The van der Waals surface area contributed by atoms with Crippen molar-refractivity contribution >= 4 is 0 Å². The predicted octanol–water partition coefficient (Wildman–Crippen LogP) is 23.7. The summed E-state index contributed by atoms with van der Waals surface area (Å²) in [5, 5.41) is 13.5. The lowest BCUT2D eigenvalue weighted by Crippen LogP contribution is -2.62. The average Bonchev–Trinajstić information content (AvgIpc) is 0.948. The molecule has 0 amide bonds. The minimum Gasteiger partial charge on any atom is -0.371 e. The van der Waals surface area contributed by atoms with E-state index in [4.69, 9.17) is 38.4 Å². The summed E-state index contributed by atoms with van der Waals surface area (Å²) in [5.41, 5.74) is 6.38. The van der Waals surface area contributed by atoms with E-state index in [1.165, 1.54) is 205 Å². The first-order chi connectivity index (χ1) is 50.6. The van der Waals surface area contributed by atoms with Crippen LogP contribution in [-0.2, 0) is 79.2 Å². The number of ether oxygens (including phenoxy) is 7. The molecular formula is C91H140N4O7. The van der Waals surface area contributed by atoms with Crippen LogP contribution in [0.3, 0.4) is 0 Å². The Morgan fingerprint density at radius 1 is 0.373 bits per heavy atom. The van der Waals surface area contributed by atoms with Crippen molar-refractivity contribution in [1.82, 2.24) is 20.3 Å². The van der Waals surface area contributed by atoms with Crippen LogP contribution < -0.4 is 5.32 Å². The van der Waals surface area contributed by atoms with Crippen LogP contribution in [0.15, 0.2) is 158 Å². The normalized spacial score (nSPS) is 17.1. The molecule has 1 fully saturated rings. The fraction of sp³-hybridized carbons (Fsp3) is 0.648. The summed E-state index contributed by atoms with van der Waals surface area (Å²) in [7, 11) is 0. The molecule has 8 atom stereocenters. The molecule has 1 aliphatic rings. The third-order valence-corrected chi connectivity index (χ3v) is 20.8. The predicted molar refractivity (Wildman–Crippen MR) is 422 cm³/mol. The van der Waals surface area contributed by atoms with E-state index < -0.39 is 30.7 Å². The van der Waals surface area contributed by atoms with Crippen molar-refractivity contribution in [1.29, 1.82) is 0 Å². The Labute approximate surface area is 620 Å². The number of hydrogen-bond acceptors (Lipinski definition) is 10. The molecule has 5 aromatic carbocycles. The number of benzene rings is 5. The van der Waals surface area contributed by atoms with E-state index in [0.717, 1.165) is 91.4 Å². The second-order valence-electron chi connectivity index (χ2n) is 29.7. The Morgan fingerprint density at radius 2 is 0.725 bits per heavy atom. The molecule has 0 spiro atoms. The van der Waals surface area contributed by atoms with Crippen molar-refractivity contribution < 1.29 is 33.2 Å². The molecule has 1 N–H and O–H groups in total. The molecule has 1 aromatic heterocycles. The summed E-state index contributed by atoms with van der Waals surface area (Å²) in [6, 6.07) is 52.1. The molecule has 0 bridgehead atoms. The molecule has 11 heteroatoms. The Bertz CT molecular complexity index is 2830. The number of rotatable bonds is 64. The largest absolute Gasteiger partial charge is 0.371 e. The highest BCUT2D eigenvalue weighted by molar-refractivity contribution is 5.17. The van der Waals surface area contributed by atoms with Crippen molar-refractivity contribution in [3.05, 3.63) is 191 Å². The monoisotopic (exact) mass is 1400 g/mol. The van der Waals surface area contributed by atoms with Crippen LogP contribution in [0, 0.1) is 0 Å². The zero-order valence-corrected chi connectivity index (χ0v) is 64.3. The van der Waals surface area contributed by atoms with Gasteiger partial charge in [0.05, 0.1) is 64.0 Å². The number of unbranched alkanes of at least 4 members (excludes halogenated alkanes) is 35. The van der Waals surface area contributed by atoms with Crippen LogP contribution in [0.4, 0.5) is 0 Å². The maximum Gasteiger partial charge on any atom is 0.186 e. The van der Waals surface area contributed by atoms with Gasteiger partial charge < -0.3 is 38.5 Å². The van der Waals surface area contributed by atoms with Gasteiger partial charge in [0, 0.05) is 6.20 Å². The van der Waals surface area contributed by atoms with Gasteiger partial charge >= 0.3 is 0 Å². The standard InChI is InChI=1S/C91H140N4O7/c1-4-7-10-12-14-16-18-20-21-22-23-24-25-26-27-28-29-30-31-33-35-37-39-56-69-92-84(87(97-73-79-59-47-41-48-60-79)85(96-72-78-57-45-40-46-58-78)68-55-38-36-34-32-19-17-15-13-11-8-5-2)77-101-91-90(100-76-82-65-53-44-54-66-82)89(99-75-81-63-51-43-52-64-81)88(98-74-80-61-49-42-50-62-80)86(102-91)71-95-70-83(93-94-95)67-9-6-3/h40-54,57-66,70,84-92H,4-39,55-56,67-69,71-77H2,1-3H3/t84-,85+,86+,87-,88-,89-,90+,91-/m0/s1. The minimum absolute atomic E-state index is 0.241. The number of nitrogens with one attached hydrogen (secondary N) is 1. The quantitative estimate of drug-likeness (QED) is 0.0371. The third kappa shape index (κ3) is 36.8. The molecule has 566 valence electrons. The molecule has 0 aliphatic carbocycles. The Hall–Kier alpha value is -5.08. The van der Waals surface area contributed by atoms with Crippen LogP contribution in [-0.4, -0.2) is 77.1 Å². The maximum absolute atomic E-state index is 7.51. The average molecular weight is 1400 g/mol.